The Morgan fingerprint density at radius 2 is 2.04 bits per heavy atom. The zero-order valence-corrected chi connectivity index (χ0v) is 15.0. The van der Waals surface area contributed by atoms with E-state index in [1.54, 1.807) is 24.3 Å². The van der Waals surface area contributed by atoms with Crippen LogP contribution in [0.3, 0.4) is 0 Å². The Labute approximate surface area is 159 Å². The van der Waals surface area contributed by atoms with Crippen molar-refractivity contribution in [2.75, 3.05) is 25.6 Å². The Kier molecular flexibility index (Phi) is 6.12. The Balaban J connectivity index is 1.88. The van der Waals surface area contributed by atoms with Gasteiger partial charge in [-0.1, -0.05) is 18.2 Å². The van der Waals surface area contributed by atoms with Crippen molar-refractivity contribution in [3.8, 4) is 17.4 Å². The first-order valence-electron chi connectivity index (χ1n) is 8.42. The van der Waals surface area contributed by atoms with Crippen LogP contribution < -0.4 is 10.1 Å². The molecule has 2 heterocycles. The molecule has 0 aliphatic heterocycles. The van der Waals surface area contributed by atoms with Crippen LogP contribution in [-0.4, -0.2) is 56.3 Å². The number of nitrogens with one attached hydrogen (secondary N) is 1. The number of rotatable bonds is 8. The van der Waals surface area contributed by atoms with Gasteiger partial charge >= 0.3 is 0 Å². The van der Waals surface area contributed by atoms with Crippen LogP contribution in [0, 0.1) is 11.6 Å². The van der Waals surface area contributed by atoms with Gasteiger partial charge in [0.2, 0.25) is 5.88 Å². The molecule has 2 aromatic heterocycles. The van der Waals surface area contributed by atoms with Crippen LogP contribution in [0.1, 0.15) is 5.56 Å². The first kappa shape index (κ1) is 19.6. The van der Waals surface area contributed by atoms with Crippen LogP contribution in [0.25, 0.3) is 11.5 Å². The van der Waals surface area contributed by atoms with Gasteiger partial charge in [0.1, 0.15) is 11.5 Å². The number of aromatic nitrogens is 4. The minimum absolute atomic E-state index is 0.0884. The molecule has 0 saturated heterocycles. The van der Waals surface area contributed by atoms with Gasteiger partial charge in [-0.2, -0.15) is 5.10 Å². The summed E-state index contributed by atoms with van der Waals surface area (Å²) in [6.45, 7) is -0.427. The topological polar surface area (TPSA) is 105 Å². The van der Waals surface area contributed by atoms with Crippen LogP contribution in [0.15, 0.2) is 36.5 Å². The number of halogens is 2. The summed E-state index contributed by atoms with van der Waals surface area (Å²) in [4.78, 5) is 7.99. The summed E-state index contributed by atoms with van der Waals surface area (Å²) < 4.78 is 34.5. The van der Waals surface area contributed by atoms with E-state index in [2.05, 4.69) is 20.4 Å². The molecule has 0 saturated carbocycles. The standard InChI is InChI=1S/C18H19F2N5O3/c1-28-16-6-15(24-25(16)9-11-4-2-3-5-13(11)19)18-22-8-14(20)17(23-18)21-7-12(27)10-26/h2-6,8,12,26-27H,7,9-10H2,1H3,(H,21,22,23). The van der Waals surface area contributed by atoms with Gasteiger partial charge in [-0.3, -0.25) is 0 Å². The SMILES string of the molecule is COc1cc(-c2ncc(F)c(NCC(O)CO)n2)nn1Cc1ccccc1F. The van der Waals surface area contributed by atoms with Crippen LogP contribution in [-0.2, 0) is 6.54 Å². The Hall–Kier alpha value is -3.11. The highest BCUT2D eigenvalue weighted by molar-refractivity contribution is 5.54. The zero-order chi connectivity index (χ0) is 20.1. The van der Waals surface area contributed by atoms with Gasteiger partial charge in [0.25, 0.3) is 0 Å². The summed E-state index contributed by atoms with van der Waals surface area (Å²) in [5, 5.41) is 25.2. The summed E-state index contributed by atoms with van der Waals surface area (Å²) in [7, 11) is 1.45. The smallest absolute Gasteiger partial charge is 0.212 e. The lowest BCUT2D eigenvalue weighted by Gasteiger charge is -2.10. The summed E-state index contributed by atoms with van der Waals surface area (Å²) >= 11 is 0. The van der Waals surface area contributed by atoms with E-state index in [9.17, 15) is 13.9 Å². The van der Waals surface area contributed by atoms with Crippen molar-refractivity contribution in [1.82, 2.24) is 19.7 Å². The highest BCUT2D eigenvalue weighted by Gasteiger charge is 2.16. The lowest BCUT2D eigenvalue weighted by Crippen LogP contribution is -2.24. The van der Waals surface area contributed by atoms with Crippen molar-refractivity contribution in [3.05, 3.63) is 53.7 Å². The van der Waals surface area contributed by atoms with E-state index >= 15 is 0 Å². The van der Waals surface area contributed by atoms with Crippen molar-refractivity contribution in [3.63, 3.8) is 0 Å². The van der Waals surface area contributed by atoms with Crippen molar-refractivity contribution in [2.45, 2.75) is 12.6 Å². The van der Waals surface area contributed by atoms with Gasteiger partial charge in [-0.15, -0.1) is 0 Å². The van der Waals surface area contributed by atoms with Crippen LogP contribution >= 0.6 is 0 Å². The second-order valence-electron chi connectivity index (χ2n) is 5.93. The quantitative estimate of drug-likeness (QED) is 0.534. The molecule has 3 N–H and O–H groups in total. The predicted molar refractivity (Wildman–Crippen MR) is 96.8 cm³/mol. The van der Waals surface area contributed by atoms with E-state index in [0.717, 1.165) is 6.20 Å². The molecule has 0 amide bonds. The van der Waals surface area contributed by atoms with Crippen molar-refractivity contribution >= 4 is 5.82 Å². The number of hydrogen-bond acceptors (Lipinski definition) is 7. The molecule has 0 radical (unpaired) electrons. The van der Waals surface area contributed by atoms with Crippen LogP contribution in [0.2, 0.25) is 0 Å². The number of ether oxygens (including phenoxy) is 1. The normalized spacial score (nSPS) is 12.0. The summed E-state index contributed by atoms with van der Waals surface area (Å²) in [6, 6.07) is 7.86. The fourth-order valence-corrected chi connectivity index (χ4v) is 2.47. The second-order valence-corrected chi connectivity index (χ2v) is 5.93. The van der Waals surface area contributed by atoms with Crippen molar-refractivity contribution in [2.24, 2.45) is 0 Å². The molecule has 1 unspecified atom stereocenters. The molecule has 3 rings (SSSR count). The largest absolute Gasteiger partial charge is 0.481 e. The molecule has 0 bridgehead atoms. The first-order chi connectivity index (χ1) is 13.5. The molecule has 0 aliphatic rings. The lowest BCUT2D eigenvalue weighted by molar-refractivity contribution is 0.105. The second kappa shape index (κ2) is 8.72. The van der Waals surface area contributed by atoms with Gasteiger partial charge in [0.15, 0.2) is 17.5 Å². The predicted octanol–water partition coefficient (Wildman–Crippen LogP) is 1.44. The summed E-state index contributed by atoms with van der Waals surface area (Å²) in [5.74, 6) is -0.746. The zero-order valence-electron chi connectivity index (χ0n) is 15.0. The fraction of sp³-hybridized carbons (Fsp3) is 0.278. The number of benzene rings is 1. The van der Waals surface area contributed by atoms with E-state index in [1.807, 2.05) is 0 Å². The molecule has 148 valence electrons. The maximum absolute atomic E-state index is 13.9. The van der Waals surface area contributed by atoms with Crippen molar-refractivity contribution < 1.29 is 23.7 Å². The summed E-state index contributed by atoms with van der Waals surface area (Å²) in [6.07, 6.45) is -0.0869. The molecule has 3 aromatic rings. The molecular formula is C18H19F2N5O3. The number of anilines is 1. The Morgan fingerprint density at radius 3 is 2.75 bits per heavy atom. The number of methoxy groups -OCH3 is 1. The average Bonchev–Trinajstić information content (AvgIpc) is 3.11. The third-order valence-corrected chi connectivity index (χ3v) is 3.92. The minimum Gasteiger partial charge on any atom is -0.481 e. The highest BCUT2D eigenvalue weighted by atomic mass is 19.1. The number of nitrogens with zero attached hydrogens (tertiary/aromatic N) is 4. The van der Waals surface area contributed by atoms with Gasteiger partial charge in [0.05, 0.1) is 32.6 Å². The van der Waals surface area contributed by atoms with E-state index in [1.165, 1.54) is 17.9 Å². The van der Waals surface area contributed by atoms with Crippen molar-refractivity contribution in [1.29, 1.82) is 0 Å². The lowest BCUT2D eigenvalue weighted by atomic mass is 10.2. The molecule has 0 fully saturated rings. The van der Waals surface area contributed by atoms with Gasteiger partial charge < -0.3 is 20.3 Å². The van der Waals surface area contributed by atoms with E-state index in [4.69, 9.17) is 9.84 Å². The molecule has 1 aromatic carbocycles. The highest BCUT2D eigenvalue weighted by Crippen LogP contribution is 2.23. The number of aliphatic hydroxyl groups is 2. The van der Waals surface area contributed by atoms with E-state index < -0.39 is 18.5 Å². The third kappa shape index (κ3) is 4.41. The maximum atomic E-state index is 13.9. The van der Waals surface area contributed by atoms with Crippen LogP contribution in [0.4, 0.5) is 14.6 Å². The summed E-state index contributed by atoms with van der Waals surface area (Å²) in [5.41, 5.74) is 0.731. The molecule has 1 atom stereocenters. The molecular weight excluding hydrogens is 372 g/mol. The van der Waals surface area contributed by atoms with Gasteiger partial charge in [0, 0.05) is 18.2 Å². The monoisotopic (exact) mass is 391 g/mol. The molecule has 0 aliphatic carbocycles. The molecule has 0 spiro atoms. The molecule has 28 heavy (non-hydrogen) atoms. The Bertz CT molecular complexity index is 951. The van der Waals surface area contributed by atoms with Gasteiger partial charge in [-0.05, 0) is 6.07 Å². The van der Waals surface area contributed by atoms with Crippen LogP contribution in [0.5, 0.6) is 5.88 Å². The van der Waals surface area contributed by atoms with Gasteiger partial charge in [-0.25, -0.2) is 23.4 Å². The Morgan fingerprint density at radius 1 is 1.25 bits per heavy atom. The van der Waals surface area contributed by atoms with E-state index in [0.29, 0.717) is 17.1 Å². The fourth-order valence-electron chi connectivity index (χ4n) is 2.47. The third-order valence-electron chi connectivity index (χ3n) is 3.92. The number of aliphatic hydroxyl groups excluding tert-OH is 2. The minimum atomic E-state index is -1.06. The number of hydrogen-bond donors (Lipinski definition) is 3. The first-order valence-corrected chi connectivity index (χ1v) is 8.42. The molecule has 8 nitrogen and oxygen atoms in total. The maximum Gasteiger partial charge on any atom is 0.212 e. The average molecular weight is 391 g/mol. The molecule has 10 heteroatoms. The van der Waals surface area contributed by atoms with E-state index in [-0.39, 0.29) is 30.5 Å².